The predicted octanol–water partition coefficient (Wildman–Crippen LogP) is 1.69. The molecule has 1 amide bonds. The molecule has 0 saturated heterocycles. The Bertz CT molecular complexity index is 771. The van der Waals surface area contributed by atoms with Crippen LogP contribution in [0.15, 0.2) is 42.6 Å². The molecule has 0 atom stereocenters. The van der Waals surface area contributed by atoms with Crippen molar-refractivity contribution in [3.63, 3.8) is 0 Å². The number of nitrogens with zero attached hydrogens (tertiary/aromatic N) is 1. The van der Waals surface area contributed by atoms with Crippen LogP contribution in [0.3, 0.4) is 0 Å². The molecule has 22 heavy (non-hydrogen) atoms. The van der Waals surface area contributed by atoms with Crippen molar-refractivity contribution in [1.82, 2.24) is 10.3 Å². The van der Waals surface area contributed by atoms with Gasteiger partial charge in [0.2, 0.25) is 10.0 Å². The van der Waals surface area contributed by atoms with Crippen molar-refractivity contribution in [1.29, 1.82) is 0 Å². The fourth-order valence-electron chi connectivity index (χ4n) is 1.85. The minimum Gasteiger partial charge on any atom is -0.348 e. The Balaban J connectivity index is 2.01. The number of hydrogen-bond donors (Lipinski definition) is 2. The summed E-state index contributed by atoms with van der Waals surface area (Å²) in [5.41, 5.74) is 2.58. The molecule has 0 aliphatic carbocycles. The zero-order valence-corrected chi connectivity index (χ0v) is 13.1. The van der Waals surface area contributed by atoms with Crippen LogP contribution >= 0.6 is 0 Å². The van der Waals surface area contributed by atoms with E-state index in [1.165, 1.54) is 6.20 Å². The van der Waals surface area contributed by atoms with Crippen LogP contribution in [0.1, 0.15) is 21.6 Å². The number of aryl methyl sites for hydroxylation is 1. The number of benzene rings is 1. The molecule has 1 aromatic heterocycles. The van der Waals surface area contributed by atoms with Crippen LogP contribution in [0.25, 0.3) is 0 Å². The number of hydrogen-bond acceptors (Lipinski definition) is 4. The summed E-state index contributed by atoms with van der Waals surface area (Å²) in [5, 5.41) is 2.77. The maximum Gasteiger partial charge on any atom is 0.253 e. The molecule has 0 radical (unpaired) electrons. The minimum atomic E-state index is -3.32. The fraction of sp³-hybridized carbons (Fsp3) is 0.200. The second-order valence-corrected chi connectivity index (χ2v) is 6.69. The summed E-state index contributed by atoms with van der Waals surface area (Å²) in [5.74, 6) is -0.228. The van der Waals surface area contributed by atoms with Gasteiger partial charge in [0.15, 0.2) is 0 Å². The smallest absolute Gasteiger partial charge is 0.253 e. The van der Waals surface area contributed by atoms with Gasteiger partial charge in [-0.1, -0.05) is 12.1 Å². The molecule has 2 aromatic rings. The molecule has 1 heterocycles. The van der Waals surface area contributed by atoms with Gasteiger partial charge in [-0.3, -0.25) is 14.5 Å². The third kappa shape index (κ3) is 4.85. The molecule has 2 rings (SSSR count). The number of sulfonamides is 1. The van der Waals surface area contributed by atoms with Gasteiger partial charge in [-0.25, -0.2) is 8.42 Å². The van der Waals surface area contributed by atoms with Crippen LogP contribution in [0.2, 0.25) is 0 Å². The van der Waals surface area contributed by atoms with E-state index in [2.05, 4.69) is 15.0 Å². The van der Waals surface area contributed by atoms with Crippen LogP contribution in [0.5, 0.6) is 0 Å². The van der Waals surface area contributed by atoms with E-state index in [-0.39, 0.29) is 5.91 Å². The van der Waals surface area contributed by atoms with Gasteiger partial charge in [0.05, 0.1) is 11.8 Å². The summed E-state index contributed by atoms with van der Waals surface area (Å²) in [7, 11) is -3.32. The maximum absolute atomic E-state index is 12.0. The number of rotatable bonds is 5. The van der Waals surface area contributed by atoms with Crippen molar-refractivity contribution in [3.05, 3.63) is 59.4 Å². The van der Waals surface area contributed by atoms with Gasteiger partial charge < -0.3 is 5.32 Å². The summed E-state index contributed by atoms with van der Waals surface area (Å²) in [6.07, 6.45) is 2.61. The zero-order valence-electron chi connectivity index (χ0n) is 12.3. The lowest BCUT2D eigenvalue weighted by Gasteiger charge is -2.08. The quantitative estimate of drug-likeness (QED) is 0.878. The lowest BCUT2D eigenvalue weighted by molar-refractivity contribution is 0.0950. The van der Waals surface area contributed by atoms with Gasteiger partial charge in [-0.2, -0.15) is 0 Å². The van der Waals surface area contributed by atoms with Crippen LogP contribution in [0.4, 0.5) is 5.69 Å². The maximum atomic E-state index is 12.0. The molecule has 2 N–H and O–H groups in total. The first-order chi connectivity index (χ1) is 10.3. The summed E-state index contributed by atoms with van der Waals surface area (Å²) >= 11 is 0. The monoisotopic (exact) mass is 319 g/mol. The fourth-order valence-corrected chi connectivity index (χ4v) is 2.40. The number of carbonyl (C=O) groups excluding carboxylic acids is 1. The third-order valence-corrected chi connectivity index (χ3v) is 3.46. The Kier molecular flexibility index (Phi) is 4.77. The van der Waals surface area contributed by atoms with Gasteiger partial charge in [0, 0.05) is 24.1 Å². The average molecular weight is 319 g/mol. The molecule has 116 valence electrons. The topological polar surface area (TPSA) is 88.2 Å². The van der Waals surface area contributed by atoms with Crippen molar-refractivity contribution >= 4 is 21.6 Å². The molecule has 0 bridgehead atoms. The highest BCUT2D eigenvalue weighted by atomic mass is 32.2. The lowest BCUT2D eigenvalue weighted by atomic mass is 10.2. The third-order valence-electron chi connectivity index (χ3n) is 2.86. The van der Waals surface area contributed by atoms with E-state index < -0.39 is 10.0 Å². The molecule has 0 unspecified atom stereocenters. The molecule has 6 nitrogen and oxygen atoms in total. The van der Waals surface area contributed by atoms with E-state index in [9.17, 15) is 13.2 Å². The van der Waals surface area contributed by atoms with Crippen LogP contribution in [0, 0.1) is 6.92 Å². The molecule has 0 aliphatic rings. The molecular formula is C15H17N3O3S. The molecule has 1 aromatic carbocycles. The van der Waals surface area contributed by atoms with E-state index in [4.69, 9.17) is 0 Å². The number of nitrogens with one attached hydrogen (secondary N) is 2. The summed E-state index contributed by atoms with van der Waals surface area (Å²) in [6, 6.07) is 10.3. The van der Waals surface area contributed by atoms with E-state index in [0.717, 1.165) is 17.5 Å². The van der Waals surface area contributed by atoms with Gasteiger partial charge >= 0.3 is 0 Å². The van der Waals surface area contributed by atoms with Gasteiger partial charge in [0.1, 0.15) is 0 Å². The molecule has 0 saturated carbocycles. The summed E-state index contributed by atoms with van der Waals surface area (Å²) < 4.78 is 24.8. The normalized spacial score (nSPS) is 11.0. The number of anilines is 1. The van der Waals surface area contributed by atoms with Gasteiger partial charge in [-0.15, -0.1) is 0 Å². The van der Waals surface area contributed by atoms with E-state index >= 15 is 0 Å². The van der Waals surface area contributed by atoms with Crippen molar-refractivity contribution in [2.45, 2.75) is 13.5 Å². The first kappa shape index (κ1) is 16.0. The number of pyridine rings is 1. The number of aromatic nitrogens is 1. The largest absolute Gasteiger partial charge is 0.348 e. The highest BCUT2D eigenvalue weighted by molar-refractivity contribution is 7.92. The van der Waals surface area contributed by atoms with Crippen molar-refractivity contribution in [3.8, 4) is 0 Å². The highest BCUT2D eigenvalue weighted by Crippen LogP contribution is 2.12. The molecule has 0 spiro atoms. The zero-order chi connectivity index (χ0) is 16.2. The molecular weight excluding hydrogens is 302 g/mol. The van der Waals surface area contributed by atoms with Crippen molar-refractivity contribution in [2.24, 2.45) is 0 Å². The summed E-state index contributed by atoms with van der Waals surface area (Å²) in [6.45, 7) is 2.15. The predicted molar refractivity (Wildman–Crippen MR) is 85.1 cm³/mol. The Morgan fingerprint density at radius 3 is 2.64 bits per heavy atom. The Labute approximate surface area is 129 Å². The van der Waals surface area contributed by atoms with Gasteiger partial charge in [0.25, 0.3) is 5.91 Å². The molecule has 0 aliphatic heterocycles. The first-order valence-corrected chi connectivity index (χ1v) is 8.50. The highest BCUT2D eigenvalue weighted by Gasteiger charge is 2.06. The van der Waals surface area contributed by atoms with E-state index in [1.807, 2.05) is 6.92 Å². The van der Waals surface area contributed by atoms with Crippen LogP contribution in [-0.2, 0) is 16.6 Å². The van der Waals surface area contributed by atoms with Crippen LogP contribution in [-0.4, -0.2) is 25.6 Å². The summed E-state index contributed by atoms with van der Waals surface area (Å²) in [4.78, 5) is 16.1. The second-order valence-electron chi connectivity index (χ2n) is 4.95. The SMILES string of the molecule is Cc1ccc(C(=O)NCc2cccc(NS(C)(=O)=O)c2)cn1. The van der Waals surface area contributed by atoms with Crippen LogP contribution < -0.4 is 10.0 Å². The first-order valence-electron chi connectivity index (χ1n) is 6.61. The second kappa shape index (κ2) is 6.57. The Morgan fingerprint density at radius 1 is 1.23 bits per heavy atom. The van der Waals surface area contributed by atoms with Crippen molar-refractivity contribution in [2.75, 3.05) is 11.0 Å². The molecule has 7 heteroatoms. The number of carbonyl (C=O) groups is 1. The van der Waals surface area contributed by atoms with Gasteiger partial charge in [-0.05, 0) is 36.8 Å². The number of amides is 1. The van der Waals surface area contributed by atoms with Crippen molar-refractivity contribution < 1.29 is 13.2 Å². The Morgan fingerprint density at radius 2 is 2.00 bits per heavy atom. The average Bonchev–Trinajstić information content (AvgIpc) is 2.44. The Hall–Kier alpha value is -2.41. The molecule has 0 fully saturated rings. The minimum absolute atomic E-state index is 0.228. The van der Waals surface area contributed by atoms with E-state index in [0.29, 0.717) is 17.8 Å². The lowest BCUT2D eigenvalue weighted by Crippen LogP contribution is -2.23. The standard InChI is InChI=1S/C15H17N3O3S/c1-11-6-7-13(10-16-11)15(19)17-9-12-4-3-5-14(8-12)18-22(2,20)21/h3-8,10,18H,9H2,1-2H3,(H,17,19). The van der Waals surface area contributed by atoms with E-state index in [1.54, 1.807) is 36.4 Å².